The van der Waals surface area contributed by atoms with Crippen molar-refractivity contribution in [3.05, 3.63) is 62.6 Å². The van der Waals surface area contributed by atoms with Gasteiger partial charge in [0.05, 0.1) is 22.8 Å². The topological polar surface area (TPSA) is 37.2 Å². The van der Waals surface area contributed by atoms with Gasteiger partial charge in [0.2, 0.25) is 0 Å². The molecule has 4 nitrogen and oxygen atoms in total. The lowest BCUT2D eigenvalue weighted by Gasteiger charge is -2.14. The van der Waals surface area contributed by atoms with Gasteiger partial charge in [0.25, 0.3) is 0 Å². The van der Waals surface area contributed by atoms with E-state index in [1.807, 2.05) is 55.3 Å². The van der Waals surface area contributed by atoms with Crippen molar-refractivity contribution in [3.8, 4) is 0 Å². The van der Waals surface area contributed by atoms with Gasteiger partial charge in [0.15, 0.2) is 6.10 Å². The Hall–Kier alpha value is -1.85. The second-order valence-corrected chi connectivity index (χ2v) is 7.56. The quantitative estimate of drug-likeness (QED) is 0.435. The van der Waals surface area contributed by atoms with E-state index in [1.54, 1.807) is 6.34 Å². The van der Waals surface area contributed by atoms with Crippen LogP contribution in [-0.4, -0.2) is 30.5 Å². The molecule has 3 rings (SSSR count). The van der Waals surface area contributed by atoms with Gasteiger partial charge in [-0.3, -0.25) is 0 Å². The van der Waals surface area contributed by atoms with Crippen molar-refractivity contribution in [1.82, 2.24) is 4.90 Å². The molecule has 0 N–H and O–H groups in total. The Kier molecular flexibility index (Phi) is 5.99. The van der Waals surface area contributed by atoms with Crippen LogP contribution < -0.4 is 0 Å². The molecule has 0 amide bonds. The lowest BCUT2D eigenvalue weighted by atomic mass is 9.97. The highest BCUT2D eigenvalue weighted by atomic mass is 79.9. The van der Waals surface area contributed by atoms with Gasteiger partial charge in [-0.15, -0.1) is 0 Å². The maximum Gasteiger partial charge on any atom is 0.158 e. The van der Waals surface area contributed by atoms with Gasteiger partial charge in [-0.1, -0.05) is 50.9 Å². The molecule has 0 aliphatic carbocycles. The molecule has 2 aromatic carbocycles. The summed E-state index contributed by atoms with van der Waals surface area (Å²) in [6.07, 6.45) is 2.37. The summed E-state index contributed by atoms with van der Waals surface area (Å²) in [6, 6.07) is 12.0. The number of aliphatic imine (C=N–C) groups is 1. The second-order valence-electron chi connectivity index (χ2n) is 6.29. The second kappa shape index (κ2) is 8.23. The van der Waals surface area contributed by atoms with Crippen LogP contribution >= 0.6 is 27.5 Å². The van der Waals surface area contributed by atoms with Crippen LogP contribution in [0.2, 0.25) is 5.02 Å². The molecule has 1 aliphatic heterocycles. The van der Waals surface area contributed by atoms with Crippen molar-refractivity contribution >= 4 is 45.3 Å². The number of aryl methyl sites for hydroxylation is 1. The van der Waals surface area contributed by atoms with Crippen LogP contribution in [0.4, 0.5) is 5.69 Å². The standard InChI is InChI=1S/C20H21BrClN3O/c1-4-25(3)12-23-19-9-13(2)15(10-17(19)22)20-11-18(24-26-20)14-7-5-6-8-16(14)21/h5-10,12,20H,4,11H2,1-3H3/b23-12-. The number of hydrogen-bond acceptors (Lipinski definition) is 3. The SMILES string of the molecule is CCN(C)/C=N\c1cc(C)c(C2CC(c3ccccc3Br)=NO2)cc1Cl. The fraction of sp³-hybridized carbons (Fsp3) is 0.300. The van der Waals surface area contributed by atoms with Gasteiger partial charge in [0.1, 0.15) is 0 Å². The van der Waals surface area contributed by atoms with E-state index in [0.717, 1.165) is 39.1 Å². The Morgan fingerprint density at radius 2 is 2.15 bits per heavy atom. The van der Waals surface area contributed by atoms with Crippen molar-refractivity contribution in [1.29, 1.82) is 0 Å². The third-order valence-electron chi connectivity index (χ3n) is 4.43. The highest BCUT2D eigenvalue weighted by Gasteiger charge is 2.26. The smallest absolute Gasteiger partial charge is 0.158 e. The molecule has 0 spiro atoms. The van der Waals surface area contributed by atoms with E-state index < -0.39 is 0 Å². The molecule has 0 saturated heterocycles. The molecule has 0 fully saturated rings. The van der Waals surface area contributed by atoms with Crippen molar-refractivity contribution in [2.45, 2.75) is 26.4 Å². The molecule has 2 aromatic rings. The summed E-state index contributed by atoms with van der Waals surface area (Å²) in [5.41, 5.74) is 4.89. The van der Waals surface area contributed by atoms with E-state index in [-0.39, 0.29) is 6.10 Å². The maximum absolute atomic E-state index is 6.45. The molecule has 136 valence electrons. The first-order chi connectivity index (χ1) is 12.5. The lowest BCUT2D eigenvalue weighted by Crippen LogP contribution is -2.14. The first kappa shape index (κ1) is 18.9. The van der Waals surface area contributed by atoms with Crippen LogP contribution in [0.25, 0.3) is 0 Å². The molecule has 0 bridgehead atoms. The Balaban J connectivity index is 1.80. The Bertz CT molecular complexity index is 866. The minimum Gasteiger partial charge on any atom is -0.387 e. The highest BCUT2D eigenvalue weighted by molar-refractivity contribution is 9.10. The van der Waals surface area contributed by atoms with Crippen LogP contribution in [0.5, 0.6) is 0 Å². The van der Waals surface area contributed by atoms with Crippen molar-refractivity contribution in [3.63, 3.8) is 0 Å². The molecule has 6 heteroatoms. The fourth-order valence-electron chi connectivity index (χ4n) is 2.77. The van der Waals surface area contributed by atoms with Crippen LogP contribution in [0.1, 0.15) is 36.1 Å². The molecular formula is C20H21BrClN3O. The average Bonchev–Trinajstić information content (AvgIpc) is 3.11. The first-order valence-corrected chi connectivity index (χ1v) is 9.68. The van der Waals surface area contributed by atoms with Gasteiger partial charge in [-0.05, 0) is 43.2 Å². The Morgan fingerprint density at radius 3 is 2.88 bits per heavy atom. The minimum absolute atomic E-state index is 0.133. The average molecular weight is 435 g/mol. The summed E-state index contributed by atoms with van der Waals surface area (Å²) in [7, 11) is 1.98. The highest BCUT2D eigenvalue weighted by Crippen LogP contribution is 2.37. The molecule has 26 heavy (non-hydrogen) atoms. The lowest BCUT2D eigenvalue weighted by molar-refractivity contribution is 0.0853. The molecule has 1 unspecified atom stereocenters. The largest absolute Gasteiger partial charge is 0.387 e. The molecule has 1 atom stereocenters. The van der Waals surface area contributed by atoms with Gasteiger partial charge in [0, 0.05) is 30.0 Å². The van der Waals surface area contributed by atoms with Crippen LogP contribution in [0.3, 0.4) is 0 Å². The zero-order valence-electron chi connectivity index (χ0n) is 15.0. The summed E-state index contributed by atoms with van der Waals surface area (Å²) >= 11 is 10.0. The fourth-order valence-corrected chi connectivity index (χ4v) is 3.50. The minimum atomic E-state index is -0.133. The van der Waals surface area contributed by atoms with Crippen LogP contribution in [-0.2, 0) is 4.84 Å². The normalized spacial score (nSPS) is 16.7. The first-order valence-electron chi connectivity index (χ1n) is 8.51. The van der Waals surface area contributed by atoms with Crippen LogP contribution in [0, 0.1) is 6.92 Å². The predicted octanol–water partition coefficient (Wildman–Crippen LogP) is 5.89. The zero-order valence-corrected chi connectivity index (χ0v) is 17.4. The monoisotopic (exact) mass is 433 g/mol. The maximum atomic E-state index is 6.45. The molecule has 0 radical (unpaired) electrons. The number of nitrogens with zero attached hydrogens (tertiary/aromatic N) is 3. The van der Waals surface area contributed by atoms with Crippen LogP contribution in [0.15, 0.2) is 51.0 Å². The summed E-state index contributed by atoms with van der Waals surface area (Å²) < 4.78 is 1.02. The Morgan fingerprint density at radius 1 is 1.38 bits per heavy atom. The van der Waals surface area contributed by atoms with E-state index >= 15 is 0 Å². The van der Waals surface area contributed by atoms with Gasteiger partial charge in [-0.2, -0.15) is 0 Å². The van der Waals surface area contributed by atoms with Crippen molar-refractivity contribution < 1.29 is 4.84 Å². The number of rotatable bonds is 5. The summed E-state index contributed by atoms with van der Waals surface area (Å²) in [4.78, 5) is 12.2. The Labute approximate surface area is 167 Å². The third-order valence-corrected chi connectivity index (χ3v) is 5.42. The number of oxime groups is 1. The van der Waals surface area contributed by atoms with E-state index in [0.29, 0.717) is 11.4 Å². The molecule has 0 aromatic heterocycles. The van der Waals surface area contributed by atoms with E-state index in [1.165, 1.54) is 0 Å². The van der Waals surface area contributed by atoms with E-state index in [4.69, 9.17) is 16.4 Å². The van der Waals surface area contributed by atoms with Gasteiger partial charge in [-0.25, -0.2) is 4.99 Å². The van der Waals surface area contributed by atoms with E-state index in [2.05, 4.69) is 33.0 Å². The summed E-state index contributed by atoms with van der Waals surface area (Å²) in [6.45, 7) is 5.01. The predicted molar refractivity (Wildman–Crippen MR) is 112 cm³/mol. The van der Waals surface area contributed by atoms with Crippen molar-refractivity contribution in [2.75, 3.05) is 13.6 Å². The third kappa shape index (κ3) is 4.10. The molecule has 1 heterocycles. The van der Waals surface area contributed by atoms with Crippen molar-refractivity contribution in [2.24, 2.45) is 10.1 Å². The molecular weight excluding hydrogens is 414 g/mol. The van der Waals surface area contributed by atoms with Gasteiger partial charge >= 0.3 is 0 Å². The molecule has 1 aliphatic rings. The summed E-state index contributed by atoms with van der Waals surface area (Å²) in [5.74, 6) is 0. The zero-order chi connectivity index (χ0) is 18.7. The van der Waals surface area contributed by atoms with E-state index in [9.17, 15) is 0 Å². The number of hydrogen-bond donors (Lipinski definition) is 0. The molecule has 0 saturated carbocycles. The number of halogens is 2. The summed E-state index contributed by atoms with van der Waals surface area (Å²) in [5, 5.41) is 4.91. The van der Waals surface area contributed by atoms with Gasteiger partial charge < -0.3 is 9.74 Å². The number of benzene rings is 2.